The number of nitrogens with two attached hydrogens (primary N) is 1. The summed E-state index contributed by atoms with van der Waals surface area (Å²) in [7, 11) is -4.99. The standard InChI is InChI=1S/C6H13FNO5P/c1-2-6(7,14(11,12)13)3-4(8)5(9)10/h4H,2-3,8H2,1H3,(H,9,10)(H2,11,12,13)/t4-,6+/m0/s1. The molecule has 0 aliphatic heterocycles. The van der Waals surface area contributed by atoms with Crippen LogP contribution in [-0.2, 0) is 9.36 Å². The first-order valence-electron chi connectivity index (χ1n) is 3.87. The molecule has 84 valence electrons. The molecule has 0 heterocycles. The summed E-state index contributed by atoms with van der Waals surface area (Å²) in [6.07, 6.45) is -1.39. The third-order valence-corrected chi connectivity index (χ3v) is 3.46. The molecule has 5 N–H and O–H groups in total. The first kappa shape index (κ1) is 13.5. The number of aliphatic carboxylic acids is 1. The summed E-state index contributed by atoms with van der Waals surface area (Å²) in [6, 6.07) is -1.62. The summed E-state index contributed by atoms with van der Waals surface area (Å²) in [4.78, 5) is 27.6. The van der Waals surface area contributed by atoms with Crippen LogP contribution in [0.4, 0.5) is 4.39 Å². The van der Waals surface area contributed by atoms with Gasteiger partial charge in [0.1, 0.15) is 6.04 Å². The van der Waals surface area contributed by atoms with Gasteiger partial charge in [-0.15, -0.1) is 0 Å². The van der Waals surface area contributed by atoms with E-state index >= 15 is 0 Å². The fourth-order valence-corrected chi connectivity index (χ4v) is 1.74. The first-order valence-corrected chi connectivity index (χ1v) is 5.48. The van der Waals surface area contributed by atoms with E-state index in [1.165, 1.54) is 6.92 Å². The second kappa shape index (κ2) is 4.35. The molecule has 14 heavy (non-hydrogen) atoms. The van der Waals surface area contributed by atoms with E-state index in [0.29, 0.717) is 0 Å². The number of carbonyl (C=O) groups is 1. The molecule has 0 aromatic heterocycles. The molecule has 8 heteroatoms. The lowest BCUT2D eigenvalue weighted by Gasteiger charge is -2.26. The largest absolute Gasteiger partial charge is 0.480 e. The van der Waals surface area contributed by atoms with E-state index in [0.717, 1.165) is 0 Å². The normalized spacial score (nSPS) is 18.6. The summed E-state index contributed by atoms with van der Waals surface area (Å²) >= 11 is 0. The van der Waals surface area contributed by atoms with Crippen molar-refractivity contribution in [3.05, 3.63) is 0 Å². The smallest absolute Gasteiger partial charge is 0.362 e. The average Bonchev–Trinajstić information content (AvgIpc) is 2.01. The Bertz CT molecular complexity index is 267. The summed E-state index contributed by atoms with van der Waals surface area (Å²) in [6.45, 7) is 1.22. The third kappa shape index (κ3) is 3.02. The number of halogens is 1. The van der Waals surface area contributed by atoms with Crippen molar-refractivity contribution in [2.45, 2.75) is 31.2 Å². The molecular weight excluding hydrogens is 216 g/mol. The van der Waals surface area contributed by atoms with Crippen LogP contribution in [0.3, 0.4) is 0 Å². The molecule has 0 radical (unpaired) electrons. The summed E-state index contributed by atoms with van der Waals surface area (Å²) in [5, 5.41) is 5.51. The van der Waals surface area contributed by atoms with Gasteiger partial charge in [-0.3, -0.25) is 9.36 Å². The Morgan fingerprint density at radius 3 is 2.29 bits per heavy atom. The fraction of sp³-hybridized carbons (Fsp3) is 0.833. The maximum absolute atomic E-state index is 13.5. The number of carboxylic acid groups (broad SMARTS) is 1. The van der Waals surface area contributed by atoms with Crippen LogP contribution in [0.2, 0.25) is 0 Å². The Hall–Kier alpha value is -0.490. The van der Waals surface area contributed by atoms with Gasteiger partial charge in [0.2, 0.25) is 5.41 Å². The molecule has 0 saturated heterocycles. The van der Waals surface area contributed by atoms with E-state index in [1.54, 1.807) is 0 Å². The highest BCUT2D eigenvalue weighted by atomic mass is 31.2. The van der Waals surface area contributed by atoms with Crippen LogP contribution in [0, 0.1) is 0 Å². The van der Waals surface area contributed by atoms with Gasteiger partial charge in [0.15, 0.2) is 0 Å². The van der Waals surface area contributed by atoms with Crippen molar-refractivity contribution in [2.24, 2.45) is 5.73 Å². The van der Waals surface area contributed by atoms with Crippen LogP contribution >= 0.6 is 7.60 Å². The molecular formula is C6H13FNO5P. The Morgan fingerprint density at radius 2 is 2.07 bits per heavy atom. The number of rotatable bonds is 5. The molecule has 0 rings (SSSR count). The van der Waals surface area contributed by atoms with Gasteiger partial charge < -0.3 is 20.6 Å². The topological polar surface area (TPSA) is 121 Å². The van der Waals surface area contributed by atoms with E-state index in [4.69, 9.17) is 20.6 Å². The van der Waals surface area contributed by atoms with Crippen molar-refractivity contribution in [2.75, 3.05) is 0 Å². The minimum Gasteiger partial charge on any atom is -0.480 e. The summed E-state index contributed by atoms with van der Waals surface area (Å²) < 4.78 is 24.2. The van der Waals surface area contributed by atoms with E-state index in [9.17, 15) is 13.8 Å². The van der Waals surface area contributed by atoms with Gasteiger partial charge in [0.25, 0.3) is 0 Å². The number of hydrogen-bond donors (Lipinski definition) is 4. The quantitative estimate of drug-likeness (QED) is 0.494. The Labute approximate surface area is 80.1 Å². The highest BCUT2D eigenvalue weighted by molar-refractivity contribution is 7.53. The van der Waals surface area contributed by atoms with Gasteiger partial charge in [-0.25, -0.2) is 4.39 Å². The fourth-order valence-electron chi connectivity index (χ4n) is 0.894. The molecule has 0 unspecified atom stereocenters. The molecule has 0 amide bonds. The van der Waals surface area contributed by atoms with Crippen LogP contribution in [-0.4, -0.2) is 32.3 Å². The van der Waals surface area contributed by atoms with Crippen LogP contribution in [0.5, 0.6) is 0 Å². The third-order valence-electron chi connectivity index (χ3n) is 1.91. The van der Waals surface area contributed by atoms with Gasteiger partial charge in [0, 0.05) is 6.42 Å². The van der Waals surface area contributed by atoms with E-state index in [2.05, 4.69) is 0 Å². The van der Waals surface area contributed by atoms with Crippen molar-refractivity contribution in [3.63, 3.8) is 0 Å². The van der Waals surface area contributed by atoms with Crippen molar-refractivity contribution >= 4 is 13.6 Å². The maximum Gasteiger partial charge on any atom is 0.362 e. The highest BCUT2D eigenvalue weighted by Gasteiger charge is 2.48. The second-order valence-corrected chi connectivity index (χ2v) is 4.85. The van der Waals surface area contributed by atoms with Crippen LogP contribution in [0.15, 0.2) is 0 Å². The van der Waals surface area contributed by atoms with E-state index in [1.807, 2.05) is 0 Å². The second-order valence-electron chi connectivity index (χ2n) is 2.96. The molecule has 0 saturated carbocycles. The SMILES string of the molecule is CC[C@](F)(C[C@H](N)C(=O)O)P(=O)(O)O. The van der Waals surface area contributed by atoms with Crippen molar-refractivity contribution in [1.29, 1.82) is 0 Å². The zero-order chi connectivity index (χ0) is 11.6. The Balaban J connectivity index is 4.74. The van der Waals surface area contributed by atoms with Crippen LogP contribution in [0.25, 0.3) is 0 Å². The molecule has 0 bridgehead atoms. The molecule has 0 fully saturated rings. The lowest BCUT2D eigenvalue weighted by atomic mass is 10.1. The lowest BCUT2D eigenvalue weighted by Crippen LogP contribution is -2.38. The van der Waals surface area contributed by atoms with E-state index in [-0.39, 0.29) is 0 Å². The zero-order valence-electron chi connectivity index (χ0n) is 7.55. The zero-order valence-corrected chi connectivity index (χ0v) is 8.45. The van der Waals surface area contributed by atoms with Crippen molar-refractivity contribution in [1.82, 2.24) is 0 Å². The molecule has 0 aliphatic rings. The minimum absolute atomic E-state index is 0.488. The molecule has 2 atom stereocenters. The Morgan fingerprint density at radius 1 is 1.64 bits per heavy atom. The molecule has 6 nitrogen and oxygen atoms in total. The van der Waals surface area contributed by atoms with Gasteiger partial charge in [-0.05, 0) is 6.42 Å². The molecule has 0 aromatic carbocycles. The Kier molecular flexibility index (Phi) is 4.20. The molecule has 0 aromatic rings. The average molecular weight is 229 g/mol. The highest BCUT2D eigenvalue weighted by Crippen LogP contribution is 2.55. The minimum atomic E-state index is -4.99. The van der Waals surface area contributed by atoms with E-state index < -0.39 is 37.9 Å². The van der Waals surface area contributed by atoms with Gasteiger partial charge >= 0.3 is 13.6 Å². The summed E-state index contributed by atoms with van der Waals surface area (Å²) in [5.74, 6) is -1.49. The number of carboxylic acids is 1. The van der Waals surface area contributed by atoms with Crippen LogP contribution in [0.1, 0.15) is 19.8 Å². The summed E-state index contributed by atoms with van der Waals surface area (Å²) in [5.41, 5.74) is 4.99. The first-order chi connectivity index (χ1) is 6.14. The predicted octanol–water partition coefficient (Wildman–Crippen LogP) is 0.0419. The van der Waals surface area contributed by atoms with Crippen molar-refractivity contribution in [3.8, 4) is 0 Å². The van der Waals surface area contributed by atoms with Gasteiger partial charge in [0.05, 0.1) is 0 Å². The number of alkyl halides is 1. The van der Waals surface area contributed by atoms with Crippen LogP contribution < -0.4 is 5.73 Å². The number of hydrogen-bond acceptors (Lipinski definition) is 3. The van der Waals surface area contributed by atoms with Gasteiger partial charge in [-0.2, -0.15) is 0 Å². The monoisotopic (exact) mass is 229 g/mol. The maximum atomic E-state index is 13.5. The molecule has 0 spiro atoms. The van der Waals surface area contributed by atoms with Crippen molar-refractivity contribution < 1.29 is 28.6 Å². The van der Waals surface area contributed by atoms with Gasteiger partial charge in [-0.1, -0.05) is 6.92 Å². The lowest BCUT2D eigenvalue weighted by molar-refractivity contribution is -0.139. The predicted molar refractivity (Wildman–Crippen MR) is 46.4 cm³/mol. The molecule has 0 aliphatic carbocycles.